The van der Waals surface area contributed by atoms with Crippen LogP contribution in [0.15, 0.2) is 12.4 Å². The molecule has 11 nitrogen and oxygen atoms in total. The number of hydrogen-bond acceptors (Lipinski definition) is 8. The first-order valence-electron chi connectivity index (χ1n) is 11.2. The summed E-state index contributed by atoms with van der Waals surface area (Å²) in [5, 5.41) is 37.3. The van der Waals surface area contributed by atoms with Gasteiger partial charge in [0, 0.05) is 24.0 Å². The number of nitrogens with one attached hydrogen (secondary N) is 3. The van der Waals surface area contributed by atoms with Gasteiger partial charge >= 0.3 is 17.9 Å². The van der Waals surface area contributed by atoms with E-state index in [2.05, 4.69) is 22.5 Å². The number of rotatable bonds is 16. The second-order valence-electron chi connectivity index (χ2n) is 8.41. The minimum atomic E-state index is -1.29. The lowest BCUT2D eigenvalue weighted by Crippen LogP contribution is -2.46. The maximum absolute atomic E-state index is 12.0. The largest absolute Gasteiger partial charge is 0.480 e. The van der Waals surface area contributed by atoms with E-state index in [1.54, 1.807) is 0 Å². The fourth-order valence-corrected chi connectivity index (χ4v) is 5.79. The molecule has 2 saturated heterocycles. The van der Waals surface area contributed by atoms with Crippen LogP contribution in [0.3, 0.4) is 0 Å². The maximum Gasteiger partial charge on any atom is 0.320 e. The zero-order valence-corrected chi connectivity index (χ0v) is 19.4. The molecule has 0 aliphatic carbocycles. The Kier molecular flexibility index (Phi) is 10.8. The van der Waals surface area contributed by atoms with E-state index in [1.807, 2.05) is 11.8 Å². The molecule has 12 heteroatoms. The van der Waals surface area contributed by atoms with E-state index >= 15 is 0 Å². The fourth-order valence-electron chi connectivity index (χ4n) is 4.24. The molecule has 4 unspecified atom stereocenters. The van der Waals surface area contributed by atoms with Gasteiger partial charge in [0.25, 0.3) is 0 Å². The lowest BCUT2D eigenvalue weighted by atomic mass is 10.0. The Bertz CT molecular complexity index is 719. The minimum Gasteiger partial charge on any atom is -0.480 e. The van der Waals surface area contributed by atoms with Crippen molar-refractivity contribution >= 4 is 35.6 Å². The fraction of sp³-hybridized carbons (Fsp3) is 0.714. The van der Waals surface area contributed by atoms with E-state index in [4.69, 9.17) is 10.2 Å². The van der Waals surface area contributed by atoms with Crippen molar-refractivity contribution in [2.45, 2.75) is 68.3 Å². The van der Waals surface area contributed by atoms with Gasteiger partial charge in [-0.15, -0.1) is 0 Å². The van der Waals surface area contributed by atoms with Crippen LogP contribution in [0.4, 0.5) is 0 Å². The maximum atomic E-state index is 12.0. The number of amides is 1. The van der Waals surface area contributed by atoms with Crippen LogP contribution in [-0.4, -0.2) is 92.8 Å². The Morgan fingerprint density at radius 3 is 2.39 bits per heavy atom. The van der Waals surface area contributed by atoms with Crippen molar-refractivity contribution in [3.8, 4) is 0 Å². The second kappa shape index (κ2) is 13.3. The highest BCUT2D eigenvalue weighted by atomic mass is 32.2. The van der Waals surface area contributed by atoms with Crippen LogP contribution in [-0.2, 0) is 19.2 Å². The van der Waals surface area contributed by atoms with Gasteiger partial charge in [-0.2, -0.15) is 11.8 Å². The molecule has 2 rings (SSSR count). The van der Waals surface area contributed by atoms with E-state index in [1.165, 1.54) is 0 Å². The van der Waals surface area contributed by atoms with Crippen molar-refractivity contribution in [3.05, 3.63) is 12.4 Å². The van der Waals surface area contributed by atoms with Crippen LogP contribution in [0.2, 0.25) is 0 Å². The Labute approximate surface area is 197 Å². The second-order valence-corrected chi connectivity index (χ2v) is 9.68. The predicted molar refractivity (Wildman–Crippen MR) is 123 cm³/mol. The number of unbranched alkanes of at least 4 members (excludes halogenated alkanes) is 2. The molecule has 2 fully saturated rings. The van der Waals surface area contributed by atoms with E-state index < -0.39 is 37.0 Å². The van der Waals surface area contributed by atoms with Gasteiger partial charge in [-0.05, 0) is 32.1 Å². The molecular weight excluding hydrogens is 452 g/mol. The van der Waals surface area contributed by atoms with Crippen molar-refractivity contribution in [1.29, 1.82) is 0 Å². The van der Waals surface area contributed by atoms with Crippen molar-refractivity contribution in [2.75, 3.05) is 25.4 Å². The summed E-state index contributed by atoms with van der Waals surface area (Å²) in [4.78, 5) is 46.3. The SMILES string of the molecule is C=C1NC2CSC(CCCCC(=O)NCCCCC(C(=O)O)N(CC(=O)O)CC(=O)O)C2N1. The molecular formula is C21H34N4O7S. The molecule has 1 amide bonds. The number of carboxylic acids is 3. The number of carboxylic acid groups (broad SMARTS) is 3. The number of carbonyl (C=O) groups is 4. The molecule has 0 radical (unpaired) electrons. The van der Waals surface area contributed by atoms with Gasteiger partial charge in [-0.25, -0.2) is 0 Å². The summed E-state index contributed by atoms with van der Waals surface area (Å²) in [6.45, 7) is 2.98. The van der Waals surface area contributed by atoms with Crippen LogP contribution in [0.5, 0.6) is 0 Å². The number of fused-ring (bicyclic) bond motifs is 1. The monoisotopic (exact) mass is 486 g/mol. The molecule has 2 heterocycles. The summed E-state index contributed by atoms with van der Waals surface area (Å²) in [5.41, 5.74) is 0. The molecule has 186 valence electrons. The van der Waals surface area contributed by atoms with Gasteiger partial charge < -0.3 is 31.3 Å². The van der Waals surface area contributed by atoms with Gasteiger partial charge in [0.05, 0.1) is 31.0 Å². The standard InChI is InChI=1S/C21H34N4O7S/c1-13-23-14-12-33-16(20(14)24-13)7-2-3-8-17(26)22-9-5-4-6-15(21(31)32)25(10-18(27)28)11-19(29)30/h14-16,20,23-24H,1-12H2,(H,22,26)(H,27,28)(H,29,30)(H,31,32). The first kappa shape index (κ1) is 26.8. The Hall–Kier alpha value is -2.47. The van der Waals surface area contributed by atoms with Crippen molar-refractivity contribution < 1.29 is 34.5 Å². The summed E-state index contributed by atoms with van der Waals surface area (Å²) in [6, 6.07) is -0.354. The topological polar surface area (TPSA) is 168 Å². The molecule has 0 spiro atoms. The summed E-state index contributed by atoms with van der Waals surface area (Å²) >= 11 is 1.95. The van der Waals surface area contributed by atoms with Crippen LogP contribution in [0.25, 0.3) is 0 Å². The third-order valence-corrected chi connectivity index (χ3v) is 7.30. The molecule has 4 atom stereocenters. The van der Waals surface area contributed by atoms with Crippen LogP contribution in [0, 0.1) is 0 Å². The highest BCUT2D eigenvalue weighted by Crippen LogP contribution is 2.34. The number of carbonyl (C=O) groups excluding carboxylic acids is 1. The number of nitrogens with zero attached hydrogens (tertiary/aromatic N) is 1. The number of aliphatic carboxylic acids is 3. The summed E-state index contributed by atoms with van der Waals surface area (Å²) in [5.74, 6) is -1.93. The minimum absolute atomic E-state index is 0.0471. The summed E-state index contributed by atoms with van der Waals surface area (Å²) in [7, 11) is 0. The van der Waals surface area contributed by atoms with Gasteiger partial charge in [0.15, 0.2) is 0 Å². The average Bonchev–Trinajstić information content (AvgIpc) is 3.25. The van der Waals surface area contributed by atoms with Crippen molar-refractivity contribution in [3.63, 3.8) is 0 Å². The molecule has 2 aliphatic rings. The van der Waals surface area contributed by atoms with Gasteiger partial charge in [0.1, 0.15) is 6.04 Å². The van der Waals surface area contributed by atoms with Crippen LogP contribution in [0.1, 0.15) is 44.9 Å². The van der Waals surface area contributed by atoms with E-state index in [0.29, 0.717) is 43.1 Å². The zero-order chi connectivity index (χ0) is 24.4. The van der Waals surface area contributed by atoms with Crippen molar-refractivity contribution in [2.24, 2.45) is 0 Å². The average molecular weight is 487 g/mol. The third kappa shape index (κ3) is 9.12. The van der Waals surface area contributed by atoms with Gasteiger partial charge in [0.2, 0.25) is 5.91 Å². The Morgan fingerprint density at radius 2 is 1.76 bits per heavy atom. The lowest BCUT2D eigenvalue weighted by molar-refractivity contribution is -0.149. The third-order valence-electron chi connectivity index (χ3n) is 5.80. The first-order chi connectivity index (χ1) is 15.7. The van der Waals surface area contributed by atoms with E-state index in [9.17, 15) is 24.3 Å². The molecule has 0 aromatic carbocycles. The van der Waals surface area contributed by atoms with Gasteiger partial charge in [-0.1, -0.05) is 13.0 Å². The quantitative estimate of drug-likeness (QED) is 0.166. The number of hydrogen-bond donors (Lipinski definition) is 6. The lowest BCUT2D eigenvalue weighted by Gasteiger charge is -2.25. The summed E-state index contributed by atoms with van der Waals surface area (Å²) < 4.78 is 0. The smallest absolute Gasteiger partial charge is 0.320 e. The number of thioether (sulfide) groups is 1. The molecule has 33 heavy (non-hydrogen) atoms. The van der Waals surface area contributed by atoms with Crippen LogP contribution < -0.4 is 16.0 Å². The molecule has 6 N–H and O–H groups in total. The normalized spacial score (nSPS) is 22.3. The predicted octanol–water partition coefficient (Wildman–Crippen LogP) is 0.274. The highest BCUT2D eigenvalue weighted by Gasteiger charge is 2.40. The highest BCUT2D eigenvalue weighted by molar-refractivity contribution is 8.00. The Morgan fingerprint density at radius 1 is 1.06 bits per heavy atom. The molecule has 0 saturated carbocycles. The summed E-state index contributed by atoms with van der Waals surface area (Å²) in [6.07, 6.45) is 4.28. The molecule has 0 aromatic rings. The molecule has 0 bridgehead atoms. The zero-order valence-electron chi connectivity index (χ0n) is 18.6. The first-order valence-corrected chi connectivity index (χ1v) is 12.2. The van der Waals surface area contributed by atoms with Crippen molar-refractivity contribution in [1.82, 2.24) is 20.9 Å². The Balaban J connectivity index is 1.58. The van der Waals surface area contributed by atoms with E-state index in [-0.39, 0.29) is 12.3 Å². The molecule has 0 aromatic heterocycles. The molecule has 2 aliphatic heterocycles. The van der Waals surface area contributed by atoms with Crippen LogP contribution >= 0.6 is 11.8 Å². The van der Waals surface area contributed by atoms with Gasteiger partial charge in [-0.3, -0.25) is 24.1 Å². The van der Waals surface area contributed by atoms with E-state index in [0.717, 1.165) is 35.7 Å².